The quantitative estimate of drug-likeness (QED) is 0.404. The Morgan fingerprint density at radius 1 is 1.03 bits per heavy atom. The van der Waals surface area contributed by atoms with Gasteiger partial charge in [-0.25, -0.2) is 4.79 Å². The number of aryl methyl sites for hydroxylation is 1. The molecule has 1 aromatic heterocycles. The van der Waals surface area contributed by atoms with Crippen LogP contribution in [0.3, 0.4) is 0 Å². The molecule has 0 spiro atoms. The molecule has 0 fully saturated rings. The van der Waals surface area contributed by atoms with Crippen LogP contribution in [0.5, 0.6) is 5.75 Å². The van der Waals surface area contributed by atoms with Crippen molar-refractivity contribution in [2.75, 3.05) is 13.7 Å². The molecular weight excluding hydrogens is 428 g/mol. The SMILES string of the molecule is CCOC(=O)c1cccc(-c2nn(S(=O)(=O)c3ccc(C)cc3)c3ccc(OC)cc23)c1. The molecule has 0 amide bonds. The molecule has 0 N–H and O–H groups in total. The zero-order valence-electron chi connectivity index (χ0n) is 17.9. The molecule has 0 saturated carbocycles. The molecule has 164 valence electrons. The lowest BCUT2D eigenvalue weighted by molar-refractivity contribution is 0.0526. The molecule has 4 rings (SSSR count). The number of rotatable bonds is 6. The number of carbonyl (C=O) groups excluding carboxylic acids is 1. The van der Waals surface area contributed by atoms with E-state index in [1.807, 2.05) is 6.92 Å². The van der Waals surface area contributed by atoms with Gasteiger partial charge in [0.2, 0.25) is 0 Å². The van der Waals surface area contributed by atoms with Crippen LogP contribution in [0, 0.1) is 6.92 Å². The molecule has 4 aromatic rings. The third-order valence-electron chi connectivity index (χ3n) is 5.05. The highest BCUT2D eigenvalue weighted by Gasteiger charge is 2.24. The Bertz CT molecular complexity index is 1410. The van der Waals surface area contributed by atoms with E-state index in [4.69, 9.17) is 9.47 Å². The van der Waals surface area contributed by atoms with Crippen molar-refractivity contribution in [2.24, 2.45) is 0 Å². The summed E-state index contributed by atoms with van der Waals surface area (Å²) in [4.78, 5) is 12.3. The number of esters is 1. The third-order valence-corrected chi connectivity index (χ3v) is 6.65. The first-order valence-corrected chi connectivity index (χ1v) is 11.5. The Morgan fingerprint density at radius 3 is 2.47 bits per heavy atom. The molecule has 7 nitrogen and oxygen atoms in total. The van der Waals surface area contributed by atoms with Crippen LogP contribution in [0.1, 0.15) is 22.8 Å². The van der Waals surface area contributed by atoms with Crippen molar-refractivity contribution < 1.29 is 22.7 Å². The lowest BCUT2D eigenvalue weighted by atomic mass is 10.0. The number of ether oxygens (including phenoxy) is 2. The van der Waals surface area contributed by atoms with Gasteiger partial charge in [-0.3, -0.25) is 0 Å². The summed E-state index contributed by atoms with van der Waals surface area (Å²) in [6, 6.07) is 18.4. The summed E-state index contributed by atoms with van der Waals surface area (Å²) in [5.41, 5.74) is 2.72. The molecule has 8 heteroatoms. The second-order valence-corrected chi connectivity index (χ2v) is 8.96. The van der Waals surface area contributed by atoms with Crippen LogP contribution < -0.4 is 4.74 Å². The highest BCUT2D eigenvalue weighted by Crippen LogP contribution is 2.33. The topological polar surface area (TPSA) is 87.5 Å². The number of fused-ring (bicyclic) bond motifs is 1. The van der Waals surface area contributed by atoms with E-state index < -0.39 is 16.0 Å². The van der Waals surface area contributed by atoms with Crippen molar-refractivity contribution in [2.45, 2.75) is 18.7 Å². The summed E-state index contributed by atoms with van der Waals surface area (Å²) >= 11 is 0. The Kier molecular flexibility index (Phi) is 5.71. The van der Waals surface area contributed by atoms with Crippen LogP contribution in [0.2, 0.25) is 0 Å². The minimum atomic E-state index is -3.95. The maximum atomic E-state index is 13.4. The largest absolute Gasteiger partial charge is 0.497 e. The Hall–Kier alpha value is -3.65. The lowest BCUT2D eigenvalue weighted by Crippen LogP contribution is -2.14. The van der Waals surface area contributed by atoms with E-state index in [-0.39, 0.29) is 11.5 Å². The fraction of sp³-hybridized carbons (Fsp3) is 0.167. The molecule has 32 heavy (non-hydrogen) atoms. The number of benzene rings is 3. The number of methoxy groups -OCH3 is 1. The monoisotopic (exact) mass is 450 g/mol. The summed E-state index contributed by atoms with van der Waals surface area (Å²) in [6.45, 7) is 3.88. The summed E-state index contributed by atoms with van der Waals surface area (Å²) in [5, 5.41) is 5.06. The smallest absolute Gasteiger partial charge is 0.338 e. The van der Waals surface area contributed by atoms with Crippen LogP contribution in [0.15, 0.2) is 71.6 Å². The van der Waals surface area contributed by atoms with Gasteiger partial charge in [-0.2, -0.15) is 17.6 Å². The number of aromatic nitrogens is 2. The normalized spacial score (nSPS) is 11.5. The van der Waals surface area contributed by atoms with Crippen molar-refractivity contribution in [3.05, 3.63) is 77.9 Å². The molecular formula is C24H22N2O5S. The Morgan fingerprint density at radius 2 is 1.78 bits per heavy atom. The van der Waals surface area contributed by atoms with E-state index in [2.05, 4.69) is 5.10 Å². The van der Waals surface area contributed by atoms with Crippen molar-refractivity contribution in [1.82, 2.24) is 9.19 Å². The Balaban J connectivity index is 1.94. The van der Waals surface area contributed by atoms with E-state index in [0.29, 0.717) is 33.5 Å². The molecule has 0 atom stereocenters. The van der Waals surface area contributed by atoms with Crippen molar-refractivity contribution in [3.8, 4) is 17.0 Å². The lowest BCUT2D eigenvalue weighted by Gasteiger charge is -2.06. The first-order valence-electron chi connectivity index (χ1n) is 10.0. The van der Waals surface area contributed by atoms with Gasteiger partial charge in [-0.15, -0.1) is 0 Å². The molecule has 0 aliphatic carbocycles. The molecule has 3 aromatic carbocycles. The zero-order valence-corrected chi connectivity index (χ0v) is 18.7. The van der Waals surface area contributed by atoms with E-state index in [0.717, 1.165) is 9.65 Å². The maximum absolute atomic E-state index is 13.4. The summed E-state index contributed by atoms with van der Waals surface area (Å²) in [5.74, 6) is 0.107. The van der Waals surface area contributed by atoms with Gasteiger partial charge in [0.1, 0.15) is 11.4 Å². The van der Waals surface area contributed by atoms with Gasteiger partial charge in [0, 0.05) is 10.9 Å². The molecule has 0 unspecified atom stereocenters. The van der Waals surface area contributed by atoms with Crippen LogP contribution in [0.25, 0.3) is 22.2 Å². The summed E-state index contributed by atoms with van der Waals surface area (Å²) < 4.78 is 38.3. The van der Waals surface area contributed by atoms with Gasteiger partial charge in [0.25, 0.3) is 10.0 Å². The van der Waals surface area contributed by atoms with Crippen molar-refractivity contribution in [1.29, 1.82) is 0 Å². The van der Waals surface area contributed by atoms with Gasteiger partial charge in [0.15, 0.2) is 0 Å². The second kappa shape index (κ2) is 8.47. The molecule has 0 bridgehead atoms. The van der Waals surface area contributed by atoms with E-state index >= 15 is 0 Å². The third kappa shape index (κ3) is 3.85. The van der Waals surface area contributed by atoms with Gasteiger partial charge >= 0.3 is 5.97 Å². The van der Waals surface area contributed by atoms with E-state index in [9.17, 15) is 13.2 Å². The van der Waals surface area contributed by atoms with Crippen molar-refractivity contribution in [3.63, 3.8) is 0 Å². The predicted molar refractivity (Wildman–Crippen MR) is 121 cm³/mol. The van der Waals surface area contributed by atoms with E-state index in [1.165, 1.54) is 7.11 Å². The summed E-state index contributed by atoms with van der Waals surface area (Å²) in [6.07, 6.45) is 0. The maximum Gasteiger partial charge on any atom is 0.338 e. The minimum Gasteiger partial charge on any atom is -0.497 e. The molecule has 0 aliphatic heterocycles. The first kappa shape index (κ1) is 21.6. The fourth-order valence-corrected chi connectivity index (χ4v) is 4.70. The highest BCUT2D eigenvalue weighted by atomic mass is 32.2. The van der Waals surface area contributed by atoms with Crippen LogP contribution in [-0.4, -0.2) is 37.3 Å². The average molecular weight is 451 g/mol. The minimum absolute atomic E-state index is 0.134. The molecule has 1 heterocycles. The second-order valence-electron chi connectivity index (χ2n) is 7.19. The molecule has 0 aliphatic rings. The van der Waals surface area contributed by atoms with Crippen LogP contribution in [0.4, 0.5) is 0 Å². The molecule has 0 radical (unpaired) electrons. The van der Waals surface area contributed by atoms with Crippen molar-refractivity contribution >= 4 is 26.9 Å². The zero-order chi connectivity index (χ0) is 22.9. The number of nitrogens with zero attached hydrogens (tertiary/aromatic N) is 2. The van der Waals surface area contributed by atoms with Crippen LogP contribution in [-0.2, 0) is 14.8 Å². The fourth-order valence-electron chi connectivity index (χ4n) is 3.41. The number of hydrogen-bond donors (Lipinski definition) is 0. The number of carbonyl (C=O) groups is 1. The number of hydrogen-bond acceptors (Lipinski definition) is 6. The van der Waals surface area contributed by atoms with Gasteiger partial charge < -0.3 is 9.47 Å². The van der Waals surface area contributed by atoms with Crippen LogP contribution >= 0.6 is 0 Å². The highest BCUT2D eigenvalue weighted by molar-refractivity contribution is 7.90. The summed E-state index contributed by atoms with van der Waals surface area (Å²) in [7, 11) is -2.41. The predicted octanol–water partition coefficient (Wildman–Crippen LogP) is 4.43. The molecule has 0 saturated heterocycles. The first-order chi connectivity index (χ1) is 15.3. The van der Waals surface area contributed by atoms with Gasteiger partial charge in [-0.1, -0.05) is 29.8 Å². The van der Waals surface area contributed by atoms with Gasteiger partial charge in [0.05, 0.1) is 29.7 Å². The van der Waals surface area contributed by atoms with E-state index in [1.54, 1.807) is 73.7 Å². The average Bonchev–Trinajstić information content (AvgIpc) is 3.19. The standard InChI is InChI=1S/C24H22N2O5S/c1-4-31-24(27)18-7-5-6-17(14-18)23-21-15-19(30-3)10-13-22(21)26(25-23)32(28,29)20-11-8-16(2)9-12-20/h5-15H,4H2,1-3H3. The Labute approximate surface area is 186 Å². The van der Waals surface area contributed by atoms with Gasteiger partial charge in [-0.05, 0) is 56.3 Å².